The van der Waals surface area contributed by atoms with Crippen molar-refractivity contribution in [2.24, 2.45) is 0 Å². The van der Waals surface area contributed by atoms with Gasteiger partial charge in [-0.3, -0.25) is 0 Å². The Bertz CT molecular complexity index is 331. The second-order valence-corrected chi connectivity index (χ2v) is 3.69. The highest BCUT2D eigenvalue weighted by Crippen LogP contribution is 2.08. The number of halogens is 2. The fourth-order valence-electron chi connectivity index (χ4n) is 1.30. The Labute approximate surface area is 94.6 Å². The van der Waals surface area contributed by atoms with E-state index in [1.165, 1.54) is 6.07 Å². The minimum absolute atomic E-state index is 0.188. The van der Waals surface area contributed by atoms with E-state index in [9.17, 15) is 8.78 Å². The minimum atomic E-state index is -0.814. The van der Waals surface area contributed by atoms with Crippen molar-refractivity contribution < 1.29 is 13.5 Å². The van der Waals surface area contributed by atoms with Crippen molar-refractivity contribution >= 4 is 0 Å². The average molecular weight is 229 g/mol. The van der Waals surface area contributed by atoms with E-state index >= 15 is 0 Å². The molecule has 1 aromatic rings. The van der Waals surface area contributed by atoms with Crippen LogP contribution in [0, 0.1) is 11.6 Å². The van der Waals surface area contributed by atoms with Gasteiger partial charge in [-0.25, -0.2) is 8.78 Å². The number of hydrogen-bond donors (Lipinski definition) is 1. The van der Waals surface area contributed by atoms with Crippen molar-refractivity contribution in [1.82, 2.24) is 5.32 Å². The zero-order chi connectivity index (χ0) is 12.0. The number of rotatable bonds is 6. The third kappa shape index (κ3) is 4.24. The summed E-state index contributed by atoms with van der Waals surface area (Å²) >= 11 is 0. The van der Waals surface area contributed by atoms with Crippen molar-refractivity contribution in [2.45, 2.75) is 26.4 Å². The van der Waals surface area contributed by atoms with Gasteiger partial charge in [0.15, 0.2) is 11.6 Å². The Morgan fingerprint density at radius 3 is 2.69 bits per heavy atom. The molecule has 0 aromatic heterocycles. The lowest BCUT2D eigenvalue weighted by molar-refractivity contribution is 0.127. The Hall–Kier alpha value is -1.00. The van der Waals surface area contributed by atoms with Gasteiger partial charge >= 0.3 is 0 Å². The summed E-state index contributed by atoms with van der Waals surface area (Å²) in [5.41, 5.74) is 0.724. The van der Waals surface area contributed by atoms with Crippen LogP contribution in [0.3, 0.4) is 0 Å². The van der Waals surface area contributed by atoms with Crippen LogP contribution in [0.15, 0.2) is 18.2 Å². The van der Waals surface area contributed by atoms with Crippen LogP contribution < -0.4 is 5.32 Å². The topological polar surface area (TPSA) is 21.3 Å². The smallest absolute Gasteiger partial charge is 0.159 e. The molecule has 0 saturated carbocycles. The molecule has 0 saturated heterocycles. The fraction of sp³-hybridized carbons (Fsp3) is 0.500. The molecular weight excluding hydrogens is 212 g/mol. The lowest BCUT2D eigenvalue weighted by Crippen LogP contribution is -2.30. The third-order valence-corrected chi connectivity index (χ3v) is 2.21. The normalized spacial score (nSPS) is 12.8. The van der Waals surface area contributed by atoms with Gasteiger partial charge in [0.25, 0.3) is 0 Å². The quantitative estimate of drug-likeness (QED) is 0.809. The number of ether oxygens (including phenoxy) is 1. The average Bonchev–Trinajstić information content (AvgIpc) is 2.28. The maximum absolute atomic E-state index is 12.9. The highest BCUT2D eigenvalue weighted by Gasteiger charge is 2.04. The van der Waals surface area contributed by atoms with E-state index in [1.807, 2.05) is 13.8 Å². The van der Waals surface area contributed by atoms with Crippen LogP contribution in [0.1, 0.15) is 19.4 Å². The lowest BCUT2D eigenvalue weighted by Gasteiger charge is -2.13. The summed E-state index contributed by atoms with van der Waals surface area (Å²) in [5, 5.41) is 3.17. The summed E-state index contributed by atoms with van der Waals surface area (Å²) in [6, 6.07) is 4.10. The molecule has 1 atom stereocenters. The first-order chi connectivity index (χ1) is 7.63. The molecule has 90 valence electrons. The second-order valence-electron chi connectivity index (χ2n) is 3.69. The van der Waals surface area contributed by atoms with Crippen LogP contribution in [-0.2, 0) is 11.3 Å². The first-order valence-electron chi connectivity index (χ1n) is 5.38. The molecule has 0 bridgehead atoms. The standard InChI is InChI=1S/C12H17F2NO/c1-3-16-8-9(2)15-7-10-4-5-11(13)12(14)6-10/h4-6,9,15H,3,7-8H2,1-2H3. The molecule has 0 amide bonds. The van der Waals surface area contributed by atoms with Gasteiger partial charge in [0.2, 0.25) is 0 Å². The van der Waals surface area contributed by atoms with E-state index in [0.29, 0.717) is 19.8 Å². The molecule has 0 fully saturated rings. The molecular formula is C12H17F2NO. The molecule has 0 aliphatic rings. The number of benzene rings is 1. The summed E-state index contributed by atoms with van der Waals surface area (Å²) in [4.78, 5) is 0. The largest absolute Gasteiger partial charge is 0.380 e. The van der Waals surface area contributed by atoms with Gasteiger partial charge in [0, 0.05) is 19.2 Å². The maximum Gasteiger partial charge on any atom is 0.159 e. The Morgan fingerprint density at radius 2 is 2.06 bits per heavy atom. The summed E-state index contributed by atoms with van der Waals surface area (Å²) in [7, 11) is 0. The first-order valence-corrected chi connectivity index (χ1v) is 5.38. The lowest BCUT2D eigenvalue weighted by atomic mass is 10.2. The molecule has 1 aromatic carbocycles. The van der Waals surface area contributed by atoms with Gasteiger partial charge in [0.05, 0.1) is 6.61 Å². The molecule has 0 aliphatic heterocycles. The van der Waals surface area contributed by atoms with Crippen molar-refractivity contribution in [3.8, 4) is 0 Å². The first kappa shape index (κ1) is 13.1. The van der Waals surface area contributed by atoms with Gasteiger partial charge in [-0.2, -0.15) is 0 Å². The zero-order valence-electron chi connectivity index (χ0n) is 9.59. The molecule has 2 nitrogen and oxygen atoms in total. The van der Waals surface area contributed by atoms with Crippen molar-refractivity contribution in [1.29, 1.82) is 0 Å². The Balaban J connectivity index is 2.39. The van der Waals surface area contributed by atoms with E-state index in [1.54, 1.807) is 6.07 Å². The predicted molar refractivity (Wildman–Crippen MR) is 59.2 cm³/mol. The molecule has 0 heterocycles. The molecule has 4 heteroatoms. The van der Waals surface area contributed by atoms with E-state index in [0.717, 1.165) is 11.6 Å². The minimum Gasteiger partial charge on any atom is -0.380 e. The molecule has 1 rings (SSSR count). The number of hydrogen-bond acceptors (Lipinski definition) is 2. The third-order valence-electron chi connectivity index (χ3n) is 2.21. The van der Waals surface area contributed by atoms with Crippen molar-refractivity contribution in [2.75, 3.05) is 13.2 Å². The van der Waals surface area contributed by atoms with Crippen LogP contribution >= 0.6 is 0 Å². The van der Waals surface area contributed by atoms with E-state index in [4.69, 9.17) is 4.74 Å². The fourth-order valence-corrected chi connectivity index (χ4v) is 1.30. The summed E-state index contributed by atoms with van der Waals surface area (Å²) in [6.07, 6.45) is 0. The van der Waals surface area contributed by atoms with Gasteiger partial charge in [0.1, 0.15) is 0 Å². The monoisotopic (exact) mass is 229 g/mol. The summed E-state index contributed by atoms with van der Waals surface area (Å²) in [6.45, 7) is 5.71. The van der Waals surface area contributed by atoms with Crippen LogP contribution in [-0.4, -0.2) is 19.3 Å². The highest BCUT2D eigenvalue weighted by atomic mass is 19.2. The van der Waals surface area contributed by atoms with Crippen LogP contribution in [0.4, 0.5) is 8.78 Å². The molecule has 1 N–H and O–H groups in total. The van der Waals surface area contributed by atoms with Crippen molar-refractivity contribution in [3.05, 3.63) is 35.4 Å². The van der Waals surface area contributed by atoms with Crippen LogP contribution in [0.5, 0.6) is 0 Å². The molecule has 0 spiro atoms. The SMILES string of the molecule is CCOCC(C)NCc1ccc(F)c(F)c1. The Morgan fingerprint density at radius 1 is 1.31 bits per heavy atom. The summed E-state index contributed by atoms with van der Waals surface area (Å²) < 4.78 is 30.8. The second kappa shape index (κ2) is 6.55. The zero-order valence-corrected chi connectivity index (χ0v) is 9.59. The molecule has 0 aliphatic carbocycles. The van der Waals surface area contributed by atoms with Crippen LogP contribution in [0.25, 0.3) is 0 Å². The molecule has 1 unspecified atom stereocenters. The van der Waals surface area contributed by atoms with Gasteiger partial charge in [-0.15, -0.1) is 0 Å². The maximum atomic E-state index is 12.9. The van der Waals surface area contributed by atoms with Gasteiger partial charge in [-0.05, 0) is 31.5 Å². The van der Waals surface area contributed by atoms with Crippen LogP contribution in [0.2, 0.25) is 0 Å². The van der Waals surface area contributed by atoms with E-state index in [-0.39, 0.29) is 6.04 Å². The van der Waals surface area contributed by atoms with E-state index in [2.05, 4.69) is 5.32 Å². The Kier molecular flexibility index (Phi) is 5.35. The number of nitrogens with one attached hydrogen (secondary N) is 1. The van der Waals surface area contributed by atoms with Gasteiger partial charge in [-0.1, -0.05) is 6.07 Å². The highest BCUT2D eigenvalue weighted by molar-refractivity contribution is 5.17. The molecule has 0 radical (unpaired) electrons. The van der Waals surface area contributed by atoms with Crippen molar-refractivity contribution in [3.63, 3.8) is 0 Å². The van der Waals surface area contributed by atoms with E-state index < -0.39 is 11.6 Å². The summed E-state index contributed by atoms with van der Waals surface area (Å²) in [5.74, 6) is -1.62. The molecule has 16 heavy (non-hydrogen) atoms. The van der Waals surface area contributed by atoms with Gasteiger partial charge < -0.3 is 10.1 Å². The predicted octanol–water partition coefficient (Wildman–Crippen LogP) is 2.48.